The minimum absolute atomic E-state index is 0.255. The molecule has 2 aromatic carbocycles. The zero-order chi connectivity index (χ0) is 15.1. The van der Waals surface area contributed by atoms with E-state index in [4.69, 9.17) is 11.6 Å². The van der Waals surface area contributed by atoms with Gasteiger partial charge in [-0.1, -0.05) is 29.8 Å². The standard InChI is InChI=1S/C17H13ClFN3/c18-12-4-2-6-14(10-12)22-17-15(7-8-20-17)16(21-22)11-3-1-5-13(19)9-11/h1-6,9-10,20H,7-8H2. The molecule has 3 nitrogen and oxygen atoms in total. The highest BCUT2D eigenvalue weighted by Gasteiger charge is 2.24. The van der Waals surface area contributed by atoms with Gasteiger partial charge in [0.15, 0.2) is 0 Å². The first-order chi connectivity index (χ1) is 10.7. The minimum Gasteiger partial charge on any atom is -0.369 e. The van der Waals surface area contributed by atoms with E-state index in [0.29, 0.717) is 5.02 Å². The molecule has 0 aliphatic carbocycles. The summed E-state index contributed by atoms with van der Waals surface area (Å²) in [6, 6.07) is 14.1. The Morgan fingerprint density at radius 3 is 2.82 bits per heavy atom. The zero-order valence-corrected chi connectivity index (χ0v) is 12.4. The molecule has 110 valence electrons. The molecule has 1 aliphatic rings. The van der Waals surface area contributed by atoms with Gasteiger partial charge in [-0.2, -0.15) is 5.10 Å². The van der Waals surface area contributed by atoms with Gasteiger partial charge in [0.05, 0.1) is 11.4 Å². The van der Waals surface area contributed by atoms with Crippen LogP contribution in [0.1, 0.15) is 5.56 Å². The highest BCUT2D eigenvalue weighted by molar-refractivity contribution is 6.30. The number of fused-ring (bicyclic) bond motifs is 1. The monoisotopic (exact) mass is 313 g/mol. The van der Waals surface area contributed by atoms with Gasteiger partial charge in [-0.05, 0) is 36.8 Å². The van der Waals surface area contributed by atoms with Crippen molar-refractivity contribution in [1.29, 1.82) is 0 Å². The number of benzene rings is 2. The van der Waals surface area contributed by atoms with E-state index in [9.17, 15) is 4.39 Å². The molecule has 2 heterocycles. The summed E-state index contributed by atoms with van der Waals surface area (Å²) >= 11 is 6.08. The average molecular weight is 314 g/mol. The Hall–Kier alpha value is -2.33. The summed E-state index contributed by atoms with van der Waals surface area (Å²) in [7, 11) is 0. The van der Waals surface area contributed by atoms with Crippen molar-refractivity contribution in [1.82, 2.24) is 9.78 Å². The number of halogens is 2. The summed E-state index contributed by atoms with van der Waals surface area (Å²) in [6.45, 7) is 0.857. The lowest BCUT2D eigenvalue weighted by Crippen LogP contribution is -2.04. The second-order valence-electron chi connectivity index (χ2n) is 5.25. The number of nitrogens with zero attached hydrogens (tertiary/aromatic N) is 2. The number of hydrogen-bond donors (Lipinski definition) is 1. The van der Waals surface area contributed by atoms with E-state index in [1.54, 1.807) is 6.07 Å². The van der Waals surface area contributed by atoms with Gasteiger partial charge in [-0.3, -0.25) is 0 Å². The van der Waals surface area contributed by atoms with Crippen LogP contribution in [0.2, 0.25) is 5.02 Å². The van der Waals surface area contributed by atoms with Crippen LogP contribution in [-0.2, 0) is 6.42 Å². The predicted octanol–water partition coefficient (Wildman–Crippen LogP) is 4.30. The Kier molecular flexibility index (Phi) is 3.12. The Labute approximate surface area is 132 Å². The first kappa shape index (κ1) is 13.3. The predicted molar refractivity (Wildman–Crippen MR) is 86.2 cm³/mol. The van der Waals surface area contributed by atoms with Crippen LogP contribution in [0, 0.1) is 5.82 Å². The number of aromatic nitrogens is 2. The molecular weight excluding hydrogens is 301 g/mol. The van der Waals surface area contributed by atoms with Crippen LogP contribution in [-0.4, -0.2) is 16.3 Å². The molecule has 0 bridgehead atoms. The molecule has 0 fully saturated rings. The van der Waals surface area contributed by atoms with Gasteiger partial charge in [0.2, 0.25) is 0 Å². The van der Waals surface area contributed by atoms with Crippen molar-refractivity contribution in [2.75, 3.05) is 11.9 Å². The Bertz CT molecular complexity index is 789. The van der Waals surface area contributed by atoms with E-state index in [-0.39, 0.29) is 5.82 Å². The molecule has 0 amide bonds. The molecule has 3 aromatic rings. The van der Waals surface area contributed by atoms with Crippen molar-refractivity contribution in [2.45, 2.75) is 6.42 Å². The minimum atomic E-state index is -0.255. The lowest BCUT2D eigenvalue weighted by molar-refractivity contribution is 0.628. The summed E-state index contributed by atoms with van der Waals surface area (Å²) < 4.78 is 15.4. The molecule has 0 atom stereocenters. The third-order valence-corrected chi connectivity index (χ3v) is 4.04. The first-order valence-electron chi connectivity index (χ1n) is 7.10. The fourth-order valence-corrected chi connectivity index (χ4v) is 3.02. The van der Waals surface area contributed by atoms with Crippen molar-refractivity contribution in [2.24, 2.45) is 0 Å². The summed E-state index contributed by atoms with van der Waals surface area (Å²) in [6.07, 6.45) is 0.877. The van der Waals surface area contributed by atoms with Gasteiger partial charge in [0.1, 0.15) is 11.6 Å². The average Bonchev–Trinajstić information content (AvgIpc) is 3.09. The summed E-state index contributed by atoms with van der Waals surface area (Å²) in [5.74, 6) is 0.705. The first-order valence-corrected chi connectivity index (χ1v) is 7.48. The maximum atomic E-state index is 13.5. The Morgan fingerprint density at radius 2 is 2.00 bits per heavy atom. The molecule has 1 N–H and O–H groups in total. The Morgan fingerprint density at radius 1 is 1.14 bits per heavy atom. The number of nitrogens with one attached hydrogen (secondary N) is 1. The fraction of sp³-hybridized carbons (Fsp3) is 0.118. The zero-order valence-electron chi connectivity index (χ0n) is 11.7. The molecule has 1 aromatic heterocycles. The van der Waals surface area contributed by atoms with Gasteiger partial charge in [-0.25, -0.2) is 9.07 Å². The van der Waals surface area contributed by atoms with Crippen molar-refractivity contribution < 1.29 is 4.39 Å². The maximum Gasteiger partial charge on any atom is 0.133 e. The van der Waals surface area contributed by atoms with Crippen molar-refractivity contribution in [3.8, 4) is 16.9 Å². The van der Waals surface area contributed by atoms with Crippen LogP contribution in [0.25, 0.3) is 16.9 Å². The van der Waals surface area contributed by atoms with Crippen molar-refractivity contribution >= 4 is 17.4 Å². The van der Waals surface area contributed by atoms with Crippen LogP contribution in [0.5, 0.6) is 0 Å². The third kappa shape index (κ3) is 2.16. The quantitative estimate of drug-likeness (QED) is 0.764. The second-order valence-corrected chi connectivity index (χ2v) is 5.69. The van der Waals surface area contributed by atoms with Gasteiger partial charge in [-0.15, -0.1) is 0 Å². The maximum absolute atomic E-state index is 13.5. The molecule has 4 rings (SSSR count). The number of hydrogen-bond acceptors (Lipinski definition) is 2. The third-order valence-electron chi connectivity index (χ3n) is 3.80. The number of anilines is 1. The van der Waals surface area contributed by atoms with E-state index >= 15 is 0 Å². The highest BCUT2D eigenvalue weighted by Crippen LogP contribution is 2.35. The molecule has 22 heavy (non-hydrogen) atoms. The molecule has 0 saturated carbocycles. The summed E-state index contributed by atoms with van der Waals surface area (Å²) in [5, 5.41) is 8.70. The molecule has 0 spiro atoms. The second kappa shape index (κ2) is 5.14. The van der Waals surface area contributed by atoms with Crippen LogP contribution in [0.3, 0.4) is 0 Å². The largest absolute Gasteiger partial charge is 0.369 e. The molecular formula is C17H13ClFN3. The topological polar surface area (TPSA) is 29.9 Å². The van der Waals surface area contributed by atoms with Crippen LogP contribution in [0.15, 0.2) is 48.5 Å². The lowest BCUT2D eigenvalue weighted by atomic mass is 10.1. The SMILES string of the molecule is Fc1cccc(-c2nn(-c3cccc(Cl)c3)c3c2CCN3)c1. The van der Waals surface area contributed by atoms with E-state index in [0.717, 1.165) is 41.3 Å². The molecule has 0 unspecified atom stereocenters. The highest BCUT2D eigenvalue weighted by atomic mass is 35.5. The summed E-state index contributed by atoms with van der Waals surface area (Å²) in [5.41, 5.74) is 3.62. The van der Waals surface area contributed by atoms with E-state index in [2.05, 4.69) is 10.4 Å². The van der Waals surface area contributed by atoms with E-state index < -0.39 is 0 Å². The van der Waals surface area contributed by atoms with Crippen LogP contribution >= 0.6 is 11.6 Å². The molecule has 5 heteroatoms. The molecule has 0 radical (unpaired) electrons. The Balaban J connectivity index is 1.90. The van der Waals surface area contributed by atoms with Crippen LogP contribution in [0.4, 0.5) is 10.2 Å². The smallest absolute Gasteiger partial charge is 0.133 e. The van der Waals surface area contributed by atoms with Gasteiger partial charge < -0.3 is 5.32 Å². The molecule has 0 saturated heterocycles. The fourth-order valence-electron chi connectivity index (χ4n) is 2.84. The summed E-state index contributed by atoms with van der Waals surface area (Å²) in [4.78, 5) is 0. The normalized spacial score (nSPS) is 13.0. The lowest BCUT2D eigenvalue weighted by Gasteiger charge is -2.06. The van der Waals surface area contributed by atoms with Crippen LogP contribution < -0.4 is 5.32 Å². The molecule has 1 aliphatic heterocycles. The van der Waals surface area contributed by atoms with E-state index in [1.165, 1.54) is 12.1 Å². The van der Waals surface area contributed by atoms with Crippen molar-refractivity contribution in [3.05, 3.63) is 64.9 Å². The van der Waals surface area contributed by atoms with Gasteiger partial charge in [0.25, 0.3) is 0 Å². The van der Waals surface area contributed by atoms with E-state index in [1.807, 2.05) is 35.0 Å². The van der Waals surface area contributed by atoms with Crippen molar-refractivity contribution in [3.63, 3.8) is 0 Å². The van der Waals surface area contributed by atoms with Gasteiger partial charge >= 0.3 is 0 Å². The number of rotatable bonds is 2. The van der Waals surface area contributed by atoms with Gasteiger partial charge in [0, 0.05) is 22.7 Å².